The van der Waals surface area contributed by atoms with Crippen LogP contribution >= 0.6 is 12.4 Å². The van der Waals surface area contributed by atoms with Crippen LogP contribution in [0.5, 0.6) is 0 Å². The first-order valence-corrected chi connectivity index (χ1v) is 3.47. The second-order valence-electron chi connectivity index (χ2n) is 2.63. The molecule has 1 saturated heterocycles. The van der Waals surface area contributed by atoms with Gasteiger partial charge < -0.3 is 0 Å². The number of nitrogens with one attached hydrogen (secondary N) is 1. The molecule has 1 aliphatic carbocycles. The highest BCUT2D eigenvalue weighted by atomic mass is 35.5. The molecular weight excluding hydrogens is 194 g/mol. The van der Waals surface area contributed by atoms with Crippen LogP contribution in [0.1, 0.15) is 0 Å². The Hall–Kier alpha value is -1.42. The number of ketones is 1. The molecule has 0 bridgehead atoms. The van der Waals surface area contributed by atoms with E-state index in [1.54, 1.807) is 0 Å². The van der Waals surface area contributed by atoms with Crippen molar-refractivity contribution in [2.24, 2.45) is 5.92 Å². The van der Waals surface area contributed by atoms with Crippen LogP contribution in [-0.2, 0) is 14.4 Å². The van der Waals surface area contributed by atoms with Gasteiger partial charge in [-0.05, 0) is 6.08 Å². The molecule has 1 unspecified atom stereocenters. The number of imide groups is 1. The molecular formula is C8H6ClNO3. The quantitative estimate of drug-likeness (QED) is 0.432. The summed E-state index contributed by atoms with van der Waals surface area (Å²) in [6.45, 7) is 0. The van der Waals surface area contributed by atoms with Crippen LogP contribution in [0, 0.1) is 5.92 Å². The van der Waals surface area contributed by atoms with Crippen molar-refractivity contribution < 1.29 is 14.4 Å². The van der Waals surface area contributed by atoms with Gasteiger partial charge in [0.2, 0.25) is 5.91 Å². The molecule has 13 heavy (non-hydrogen) atoms. The molecule has 1 N–H and O–H groups in total. The van der Waals surface area contributed by atoms with E-state index in [9.17, 15) is 14.4 Å². The van der Waals surface area contributed by atoms with Crippen molar-refractivity contribution in [2.45, 2.75) is 0 Å². The lowest BCUT2D eigenvalue weighted by atomic mass is 9.93. The number of carbonyl (C=O) groups excluding carboxylic acids is 3. The summed E-state index contributed by atoms with van der Waals surface area (Å²) in [6, 6.07) is 0. The topological polar surface area (TPSA) is 63.2 Å². The summed E-state index contributed by atoms with van der Waals surface area (Å²) in [5.74, 6) is -2.18. The maximum Gasteiger partial charge on any atom is 0.255 e. The first kappa shape index (κ1) is 9.67. The number of rotatable bonds is 0. The van der Waals surface area contributed by atoms with Gasteiger partial charge in [0.05, 0.1) is 0 Å². The Morgan fingerprint density at radius 2 is 1.92 bits per heavy atom. The molecule has 4 nitrogen and oxygen atoms in total. The third kappa shape index (κ3) is 1.29. The van der Waals surface area contributed by atoms with Gasteiger partial charge in [-0.2, -0.15) is 0 Å². The molecule has 1 atom stereocenters. The van der Waals surface area contributed by atoms with E-state index in [0.29, 0.717) is 0 Å². The molecule has 68 valence electrons. The maximum atomic E-state index is 11.1. The fourth-order valence-electron chi connectivity index (χ4n) is 1.33. The van der Waals surface area contributed by atoms with E-state index in [0.717, 1.165) is 0 Å². The normalized spacial score (nSPS) is 24.8. The van der Waals surface area contributed by atoms with Crippen molar-refractivity contribution in [1.82, 2.24) is 5.32 Å². The minimum atomic E-state index is -0.887. The highest BCUT2D eigenvalue weighted by Gasteiger charge is 2.40. The highest BCUT2D eigenvalue weighted by molar-refractivity contribution is 6.26. The average Bonchev–Trinajstić information content (AvgIpc) is 2.29. The monoisotopic (exact) mass is 199 g/mol. The summed E-state index contributed by atoms with van der Waals surface area (Å²) < 4.78 is 0. The van der Waals surface area contributed by atoms with E-state index in [2.05, 4.69) is 5.32 Å². The van der Waals surface area contributed by atoms with Crippen LogP contribution in [0.25, 0.3) is 0 Å². The Kier molecular flexibility index (Phi) is 2.34. The van der Waals surface area contributed by atoms with Crippen molar-refractivity contribution in [1.29, 1.82) is 0 Å². The molecule has 0 spiro atoms. The summed E-state index contributed by atoms with van der Waals surface area (Å²) in [5.41, 5.74) is 0.257. The van der Waals surface area contributed by atoms with Crippen molar-refractivity contribution in [2.75, 3.05) is 0 Å². The van der Waals surface area contributed by atoms with Crippen LogP contribution in [0.2, 0.25) is 0 Å². The maximum absolute atomic E-state index is 11.1. The number of fused-ring (bicyclic) bond motifs is 1. The predicted molar refractivity (Wildman–Crippen MR) is 46.1 cm³/mol. The number of allylic oxidation sites excluding steroid dienone is 3. The lowest BCUT2D eigenvalue weighted by Gasteiger charge is -2.05. The minimum absolute atomic E-state index is 0. The minimum Gasteiger partial charge on any atom is -0.294 e. The Balaban J connectivity index is 0.000000845. The zero-order chi connectivity index (χ0) is 8.72. The molecule has 0 saturated carbocycles. The first-order chi connectivity index (χ1) is 5.70. The fourth-order valence-corrected chi connectivity index (χ4v) is 1.33. The predicted octanol–water partition coefficient (Wildman–Crippen LogP) is -0.254. The lowest BCUT2D eigenvalue weighted by Crippen LogP contribution is -2.25. The van der Waals surface area contributed by atoms with E-state index in [-0.39, 0.29) is 23.8 Å². The van der Waals surface area contributed by atoms with Crippen molar-refractivity contribution >= 4 is 30.0 Å². The van der Waals surface area contributed by atoms with Crippen LogP contribution in [0.15, 0.2) is 23.8 Å². The Morgan fingerprint density at radius 3 is 2.54 bits per heavy atom. The Bertz CT molecular complexity index is 354. The molecule has 1 aliphatic heterocycles. The molecule has 5 heteroatoms. The molecule has 0 aromatic carbocycles. The van der Waals surface area contributed by atoms with Crippen LogP contribution < -0.4 is 5.32 Å². The van der Waals surface area contributed by atoms with Crippen LogP contribution in [0.3, 0.4) is 0 Å². The van der Waals surface area contributed by atoms with Crippen LogP contribution in [-0.4, -0.2) is 17.6 Å². The van der Waals surface area contributed by atoms with E-state index >= 15 is 0 Å². The number of carbonyl (C=O) groups is 3. The van der Waals surface area contributed by atoms with E-state index in [4.69, 9.17) is 0 Å². The second-order valence-corrected chi connectivity index (χ2v) is 2.63. The zero-order valence-electron chi connectivity index (χ0n) is 6.44. The summed E-state index contributed by atoms with van der Waals surface area (Å²) in [5, 5.41) is 2.08. The molecule has 0 aromatic heterocycles. The van der Waals surface area contributed by atoms with E-state index in [1.165, 1.54) is 18.2 Å². The lowest BCUT2D eigenvalue weighted by molar-refractivity contribution is -0.129. The van der Waals surface area contributed by atoms with Crippen molar-refractivity contribution in [3.05, 3.63) is 23.8 Å². The molecule has 2 amide bonds. The summed E-state index contributed by atoms with van der Waals surface area (Å²) in [6.07, 6.45) is 4.27. The van der Waals surface area contributed by atoms with Crippen molar-refractivity contribution in [3.63, 3.8) is 0 Å². The SMILES string of the molecule is Cl.O=C1NC(=O)C2C(=O)C=CC=C12. The molecule has 2 rings (SSSR count). The largest absolute Gasteiger partial charge is 0.294 e. The number of hydrogen-bond acceptors (Lipinski definition) is 3. The molecule has 2 aliphatic rings. The van der Waals surface area contributed by atoms with Crippen LogP contribution in [0.4, 0.5) is 0 Å². The molecule has 1 heterocycles. The van der Waals surface area contributed by atoms with Gasteiger partial charge in [-0.1, -0.05) is 12.2 Å². The summed E-state index contributed by atoms with van der Waals surface area (Å²) in [4.78, 5) is 33.1. The van der Waals surface area contributed by atoms with Gasteiger partial charge in [-0.15, -0.1) is 12.4 Å². The van der Waals surface area contributed by atoms with Gasteiger partial charge in [0.15, 0.2) is 5.78 Å². The van der Waals surface area contributed by atoms with Gasteiger partial charge in [-0.3, -0.25) is 19.7 Å². The fraction of sp³-hybridized carbons (Fsp3) is 0.125. The third-order valence-electron chi connectivity index (χ3n) is 1.89. The van der Waals surface area contributed by atoms with E-state index in [1.807, 2.05) is 0 Å². The highest BCUT2D eigenvalue weighted by Crippen LogP contribution is 2.22. The molecule has 0 radical (unpaired) electrons. The molecule has 0 aromatic rings. The van der Waals surface area contributed by atoms with Gasteiger partial charge in [0, 0.05) is 5.57 Å². The van der Waals surface area contributed by atoms with Gasteiger partial charge in [0.1, 0.15) is 5.92 Å². The molecule has 1 fully saturated rings. The number of hydrogen-bond donors (Lipinski definition) is 1. The average molecular weight is 200 g/mol. The zero-order valence-corrected chi connectivity index (χ0v) is 7.26. The standard InChI is InChI=1S/C8H5NO3.ClH/c10-5-3-1-2-4-6(5)8(12)9-7(4)11;/h1-3,6H,(H,9,11,12);1H. The van der Waals surface area contributed by atoms with Gasteiger partial charge in [-0.25, -0.2) is 0 Å². The van der Waals surface area contributed by atoms with Gasteiger partial charge >= 0.3 is 0 Å². The summed E-state index contributed by atoms with van der Waals surface area (Å²) in [7, 11) is 0. The van der Waals surface area contributed by atoms with E-state index < -0.39 is 17.7 Å². The Morgan fingerprint density at radius 1 is 1.23 bits per heavy atom. The Labute approximate surface area is 80.1 Å². The summed E-state index contributed by atoms with van der Waals surface area (Å²) >= 11 is 0. The van der Waals surface area contributed by atoms with Gasteiger partial charge in [0.25, 0.3) is 5.91 Å². The third-order valence-corrected chi connectivity index (χ3v) is 1.89. The first-order valence-electron chi connectivity index (χ1n) is 3.47. The van der Waals surface area contributed by atoms with Crippen molar-refractivity contribution in [3.8, 4) is 0 Å². The number of amides is 2. The number of halogens is 1. The second kappa shape index (κ2) is 3.14. The smallest absolute Gasteiger partial charge is 0.255 e.